The average molecular weight is 412 g/mol. The minimum Gasteiger partial charge on any atom is -0.506 e. The van der Waals surface area contributed by atoms with E-state index in [0.29, 0.717) is 0 Å². The third-order valence-electron chi connectivity index (χ3n) is 5.67. The Balaban J connectivity index is 1.87. The third-order valence-corrected chi connectivity index (χ3v) is 5.67. The molecule has 4 nitrogen and oxygen atoms in total. The first-order chi connectivity index (χ1) is 15.0. The number of pyridine rings is 2. The fraction of sp³-hybridized carbons (Fsp3) is 0.259. The van der Waals surface area contributed by atoms with Gasteiger partial charge in [-0.3, -0.25) is 9.97 Å². The maximum absolute atomic E-state index is 9.87. The zero-order valence-electron chi connectivity index (χ0n) is 18.4. The molecule has 0 unspecified atom stereocenters. The standard InChI is InChI=1S/C27H29N3O/c1-18-10-19(2)12-21(11-18)26-17-30-27-8-7-20(22-13-23(31)16-29-15-22)14-25(27)24(26)6-4-5-9-28-3/h7-8,10-17,28,31H,4-6,9H2,1-3H3. The lowest BCUT2D eigenvalue weighted by Gasteiger charge is -2.15. The Bertz CT molecular complexity index is 1200. The number of hydrogen-bond donors (Lipinski definition) is 2. The van der Waals surface area contributed by atoms with Gasteiger partial charge in [0.05, 0.1) is 11.7 Å². The van der Waals surface area contributed by atoms with Crippen molar-refractivity contribution in [3.63, 3.8) is 0 Å². The van der Waals surface area contributed by atoms with E-state index in [4.69, 9.17) is 4.98 Å². The number of aryl methyl sites for hydroxylation is 3. The van der Waals surface area contributed by atoms with Gasteiger partial charge in [0, 0.05) is 28.9 Å². The summed E-state index contributed by atoms with van der Waals surface area (Å²) in [6.07, 6.45) is 8.49. The van der Waals surface area contributed by atoms with Crippen LogP contribution in [0.1, 0.15) is 29.5 Å². The van der Waals surface area contributed by atoms with Crippen LogP contribution in [0, 0.1) is 13.8 Å². The second-order valence-corrected chi connectivity index (χ2v) is 8.25. The summed E-state index contributed by atoms with van der Waals surface area (Å²) in [5.74, 6) is 0.173. The molecule has 0 aliphatic carbocycles. The van der Waals surface area contributed by atoms with E-state index in [1.165, 1.54) is 39.4 Å². The highest BCUT2D eigenvalue weighted by Crippen LogP contribution is 2.34. The Kier molecular flexibility index (Phi) is 6.28. The fourth-order valence-electron chi connectivity index (χ4n) is 4.26. The summed E-state index contributed by atoms with van der Waals surface area (Å²) < 4.78 is 0. The summed E-state index contributed by atoms with van der Waals surface area (Å²) in [6.45, 7) is 5.30. The molecular weight excluding hydrogens is 382 g/mol. The molecule has 0 bridgehead atoms. The van der Waals surface area contributed by atoms with Crippen LogP contribution in [0.2, 0.25) is 0 Å². The SMILES string of the molecule is CNCCCCc1c(-c2cc(C)cc(C)c2)cnc2ccc(-c3cncc(O)c3)cc12. The first-order valence-electron chi connectivity index (χ1n) is 10.8. The van der Waals surface area contributed by atoms with Gasteiger partial charge in [-0.25, -0.2) is 0 Å². The number of unbranched alkanes of at least 4 members (excludes halogenated alkanes) is 1. The third kappa shape index (κ3) is 4.75. The summed E-state index contributed by atoms with van der Waals surface area (Å²) in [6, 6.07) is 14.8. The van der Waals surface area contributed by atoms with Crippen LogP contribution < -0.4 is 5.32 Å². The molecule has 0 saturated heterocycles. The monoisotopic (exact) mass is 411 g/mol. The molecular formula is C27H29N3O. The van der Waals surface area contributed by atoms with E-state index in [2.05, 4.69) is 54.5 Å². The molecule has 0 atom stereocenters. The van der Waals surface area contributed by atoms with Crippen LogP contribution in [-0.4, -0.2) is 28.7 Å². The Labute approximate surface area is 184 Å². The quantitative estimate of drug-likeness (QED) is 0.376. The van der Waals surface area contributed by atoms with E-state index >= 15 is 0 Å². The minimum atomic E-state index is 0.173. The van der Waals surface area contributed by atoms with E-state index in [-0.39, 0.29) is 5.75 Å². The van der Waals surface area contributed by atoms with Gasteiger partial charge in [0.25, 0.3) is 0 Å². The van der Waals surface area contributed by atoms with Gasteiger partial charge in [0.1, 0.15) is 5.75 Å². The zero-order valence-corrected chi connectivity index (χ0v) is 18.4. The van der Waals surface area contributed by atoms with Gasteiger partial charge in [0.2, 0.25) is 0 Å². The molecule has 2 heterocycles. The molecule has 2 N–H and O–H groups in total. The molecule has 2 aromatic carbocycles. The molecule has 0 saturated carbocycles. The van der Waals surface area contributed by atoms with Crippen molar-refractivity contribution in [2.24, 2.45) is 0 Å². The van der Waals surface area contributed by atoms with Crippen LogP contribution in [0.3, 0.4) is 0 Å². The van der Waals surface area contributed by atoms with Gasteiger partial charge < -0.3 is 10.4 Å². The first kappa shape index (κ1) is 21.0. The zero-order chi connectivity index (χ0) is 21.8. The van der Waals surface area contributed by atoms with Gasteiger partial charge >= 0.3 is 0 Å². The molecule has 0 fully saturated rings. The number of aromatic hydroxyl groups is 1. The molecule has 0 spiro atoms. The fourth-order valence-corrected chi connectivity index (χ4v) is 4.26. The van der Waals surface area contributed by atoms with Gasteiger partial charge in [-0.15, -0.1) is 0 Å². The lowest BCUT2D eigenvalue weighted by Crippen LogP contribution is -2.07. The van der Waals surface area contributed by atoms with Crippen molar-refractivity contribution in [3.05, 3.63) is 77.7 Å². The second kappa shape index (κ2) is 9.27. The van der Waals surface area contributed by atoms with Gasteiger partial charge in [0.15, 0.2) is 0 Å². The predicted molar refractivity (Wildman–Crippen MR) is 128 cm³/mol. The van der Waals surface area contributed by atoms with E-state index in [1.807, 2.05) is 19.3 Å². The molecule has 4 aromatic rings. The summed E-state index contributed by atoms with van der Waals surface area (Å²) in [5, 5.41) is 14.3. The summed E-state index contributed by atoms with van der Waals surface area (Å²) >= 11 is 0. The molecule has 4 rings (SSSR count). The molecule has 4 heteroatoms. The number of nitrogens with zero attached hydrogens (tertiary/aromatic N) is 2. The van der Waals surface area contributed by atoms with Crippen LogP contribution in [0.4, 0.5) is 0 Å². The van der Waals surface area contributed by atoms with E-state index in [9.17, 15) is 5.11 Å². The summed E-state index contributed by atoms with van der Waals surface area (Å²) in [7, 11) is 2.00. The second-order valence-electron chi connectivity index (χ2n) is 8.25. The lowest BCUT2D eigenvalue weighted by atomic mass is 9.91. The van der Waals surface area contributed by atoms with Crippen molar-refractivity contribution < 1.29 is 5.11 Å². The maximum Gasteiger partial charge on any atom is 0.134 e. The molecule has 2 aromatic heterocycles. The Morgan fingerprint density at radius 3 is 2.39 bits per heavy atom. The highest BCUT2D eigenvalue weighted by atomic mass is 16.3. The first-order valence-corrected chi connectivity index (χ1v) is 10.8. The molecule has 0 amide bonds. The summed E-state index contributed by atoms with van der Waals surface area (Å²) in [4.78, 5) is 8.94. The molecule has 31 heavy (non-hydrogen) atoms. The smallest absolute Gasteiger partial charge is 0.134 e. The van der Waals surface area contributed by atoms with E-state index in [1.54, 1.807) is 12.3 Å². The number of aromatic nitrogens is 2. The van der Waals surface area contributed by atoms with Crippen molar-refractivity contribution in [3.8, 4) is 28.0 Å². The number of rotatable bonds is 7. The Hall–Kier alpha value is -3.24. The molecule has 0 radical (unpaired) electrons. The van der Waals surface area contributed by atoms with Gasteiger partial charge in [-0.1, -0.05) is 35.4 Å². The number of nitrogens with one attached hydrogen (secondary N) is 1. The Morgan fingerprint density at radius 1 is 0.839 bits per heavy atom. The van der Waals surface area contributed by atoms with Crippen molar-refractivity contribution in [2.75, 3.05) is 13.6 Å². The molecule has 0 aliphatic rings. The van der Waals surface area contributed by atoms with Crippen molar-refractivity contribution in [1.82, 2.24) is 15.3 Å². The number of hydrogen-bond acceptors (Lipinski definition) is 4. The molecule has 158 valence electrons. The van der Waals surface area contributed by atoms with Gasteiger partial charge in [-0.2, -0.15) is 0 Å². The van der Waals surface area contributed by atoms with Crippen molar-refractivity contribution in [2.45, 2.75) is 33.1 Å². The maximum atomic E-state index is 9.87. The Morgan fingerprint density at radius 2 is 1.65 bits per heavy atom. The van der Waals surface area contributed by atoms with Crippen LogP contribution in [0.25, 0.3) is 33.2 Å². The topological polar surface area (TPSA) is 58.0 Å². The lowest BCUT2D eigenvalue weighted by molar-refractivity contribution is 0.473. The molecule has 0 aliphatic heterocycles. The van der Waals surface area contributed by atoms with Gasteiger partial charge in [-0.05, 0) is 81.6 Å². The average Bonchev–Trinajstić information content (AvgIpc) is 2.75. The normalized spacial score (nSPS) is 11.2. The number of benzene rings is 2. The minimum absolute atomic E-state index is 0.173. The van der Waals surface area contributed by atoms with E-state index < -0.39 is 0 Å². The van der Waals surface area contributed by atoms with Crippen LogP contribution in [0.15, 0.2) is 61.1 Å². The largest absolute Gasteiger partial charge is 0.506 e. The number of fused-ring (bicyclic) bond motifs is 1. The highest BCUT2D eigenvalue weighted by Gasteiger charge is 2.13. The predicted octanol–water partition coefficient (Wildman–Crippen LogP) is 5.83. The van der Waals surface area contributed by atoms with E-state index in [0.717, 1.165) is 42.5 Å². The van der Waals surface area contributed by atoms with Crippen LogP contribution in [0.5, 0.6) is 5.75 Å². The van der Waals surface area contributed by atoms with Crippen molar-refractivity contribution in [1.29, 1.82) is 0 Å². The highest BCUT2D eigenvalue weighted by molar-refractivity contribution is 5.92. The van der Waals surface area contributed by atoms with Crippen LogP contribution >= 0.6 is 0 Å². The summed E-state index contributed by atoms with van der Waals surface area (Å²) in [5.41, 5.74) is 9.21. The van der Waals surface area contributed by atoms with Crippen molar-refractivity contribution >= 4 is 10.9 Å². The van der Waals surface area contributed by atoms with Crippen LogP contribution in [-0.2, 0) is 6.42 Å².